The third kappa shape index (κ3) is 2.85. The van der Waals surface area contributed by atoms with Crippen molar-refractivity contribution in [2.75, 3.05) is 5.32 Å². The van der Waals surface area contributed by atoms with E-state index in [-0.39, 0.29) is 6.04 Å². The zero-order valence-corrected chi connectivity index (χ0v) is 13.0. The van der Waals surface area contributed by atoms with Crippen LogP contribution in [0.15, 0.2) is 55.0 Å². The minimum Gasteiger partial charge on any atom is -0.344 e. The first-order valence-corrected chi connectivity index (χ1v) is 7.43. The Hall–Kier alpha value is -2.95. The Labute approximate surface area is 134 Å². The lowest BCUT2D eigenvalue weighted by molar-refractivity contribution is -0.112. The van der Waals surface area contributed by atoms with Gasteiger partial charge in [-0.05, 0) is 32.0 Å². The Balaban J connectivity index is 1.96. The van der Waals surface area contributed by atoms with Crippen LogP contribution in [0.3, 0.4) is 0 Å². The second-order valence-electron chi connectivity index (χ2n) is 5.59. The van der Waals surface area contributed by atoms with E-state index in [1.807, 2.05) is 42.7 Å². The fraction of sp³-hybridized carbons (Fsp3) is 0.167. The highest BCUT2D eigenvalue weighted by atomic mass is 16.2. The molecule has 0 fully saturated rings. The average molecular weight is 307 g/mol. The molecule has 1 N–H and O–H groups in total. The van der Waals surface area contributed by atoms with Crippen molar-refractivity contribution < 1.29 is 9.59 Å². The third-order valence-electron chi connectivity index (χ3n) is 3.67. The van der Waals surface area contributed by atoms with E-state index in [0.29, 0.717) is 11.3 Å². The highest BCUT2D eigenvalue weighted by Crippen LogP contribution is 2.25. The Morgan fingerprint density at radius 3 is 2.61 bits per heavy atom. The van der Waals surface area contributed by atoms with Crippen LogP contribution in [0.1, 0.15) is 30.2 Å². The number of nitrogens with zero attached hydrogens (tertiary/aromatic N) is 2. The zero-order chi connectivity index (χ0) is 16.4. The summed E-state index contributed by atoms with van der Waals surface area (Å²) in [5, 5.41) is 3.37. The van der Waals surface area contributed by atoms with Crippen LogP contribution in [0.5, 0.6) is 0 Å². The van der Waals surface area contributed by atoms with Gasteiger partial charge in [0.2, 0.25) is 0 Å². The summed E-state index contributed by atoms with van der Waals surface area (Å²) in [6.45, 7) is 4.08. The van der Waals surface area contributed by atoms with Gasteiger partial charge >= 0.3 is 0 Å². The number of ketones is 1. The summed E-state index contributed by atoms with van der Waals surface area (Å²) in [5.74, 6) is -1.21. The second kappa shape index (κ2) is 6.04. The molecule has 0 bridgehead atoms. The molecule has 0 spiro atoms. The molecule has 0 saturated carbocycles. The summed E-state index contributed by atoms with van der Waals surface area (Å²) in [4.78, 5) is 28.7. The number of nitrogens with one attached hydrogen (secondary N) is 1. The van der Waals surface area contributed by atoms with Crippen LogP contribution in [-0.2, 0) is 4.79 Å². The van der Waals surface area contributed by atoms with E-state index in [0.717, 1.165) is 10.9 Å². The largest absolute Gasteiger partial charge is 0.344 e. The highest BCUT2D eigenvalue weighted by molar-refractivity contribution is 6.48. The van der Waals surface area contributed by atoms with Crippen molar-refractivity contribution in [2.24, 2.45) is 0 Å². The molecular weight excluding hydrogens is 290 g/mol. The summed E-state index contributed by atoms with van der Waals surface area (Å²) >= 11 is 0. The van der Waals surface area contributed by atoms with E-state index >= 15 is 0 Å². The van der Waals surface area contributed by atoms with E-state index in [1.54, 1.807) is 24.5 Å². The number of anilines is 1. The van der Waals surface area contributed by atoms with Gasteiger partial charge in [0, 0.05) is 29.3 Å². The van der Waals surface area contributed by atoms with Gasteiger partial charge in [0.1, 0.15) is 0 Å². The van der Waals surface area contributed by atoms with Gasteiger partial charge in [0.15, 0.2) is 0 Å². The molecule has 5 heteroatoms. The van der Waals surface area contributed by atoms with Gasteiger partial charge in [-0.15, -0.1) is 0 Å². The quantitative estimate of drug-likeness (QED) is 0.593. The number of aromatic nitrogens is 2. The summed E-state index contributed by atoms with van der Waals surface area (Å²) < 4.78 is 2.00. The number of Topliss-reactive ketones (excluding diaryl/α,β-unsaturated/α-hetero) is 1. The maximum atomic E-state index is 12.6. The minimum atomic E-state index is -0.662. The lowest BCUT2D eigenvalue weighted by atomic mass is 10.1. The number of benzene rings is 1. The van der Waals surface area contributed by atoms with Gasteiger partial charge < -0.3 is 9.88 Å². The van der Waals surface area contributed by atoms with E-state index in [1.165, 1.54) is 6.20 Å². The number of pyridine rings is 1. The maximum absolute atomic E-state index is 12.6. The van der Waals surface area contributed by atoms with E-state index in [9.17, 15) is 9.59 Å². The van der Waals surface area contributed by atoms with E-state index in [4.69, 9.17) is 0 Å². The molecule has 0 aliphatic heterocycles. The summed E-state index contributed by atoms with van der Waals surface area (Å²) in [7, 11) is 0. The van der Waals surface area contributed by atoms with Crippen molar-refractivity contribution in [3.05, 3.63) is 60.6 Å². The number of amides is 1. The normalized spacial score (nSPS) is 10.9. The molecule has 23 heavy (non-hydrogen) atoms. The minimum absolute atomic E-state index is 0.197. The van der Waals surface area contributed by atoms with Gasteiger partial charge in [-0.3, -0.25) is 14.6 Å². The van der Waals surface area contributed by atoms with Crippen LogP contribution in [0.25, 0.3) is 10.9 Å². The van der Waals surface area contributed by atoms with E-state index < -0.39 is 11.7 Å². The molecule has 2 heterocycles. The molecule has 0 unspecified atom stereocenters. The molecule has 3 aromatic rings. The molecule has 0 saturated heterocycles. The molecule has 1 amide bonds. The first kappa shape index (κ1) is 15.0. The number of hydrogen-bond acceptors (Lipinski definition) is 3. The first-order valence-electron chi connectivity index (χ1n) is 7.43. The topological polar surface area (TPSA) is 64.0 Å². The molecule has 0 atom stereocenters. The Morgan fingerprint density at radius 2 is 1.91 bits per heavy atom. The summed E-state index contributed by atoms with van der Waals surface area (Å²) in [6, 6.07) is 11.2. The SMILES string of the molecule is CC(C)n1cc(C(=O)C(=O)Nc2cccnc2)c2ccccc21. The number of hydrogen-bond donors (Lipinski definition) is 1. The average Bonchev–Trinajstić information content (AvgIpc) is 2.95. The smallest absolute Gasteiger partial charge is 0.296 e. The van der Waals surface area contributed by atoms with Crippen molar-refractivity contribution in [3.63, 3.8) is 0 Å². The number of fused-ring (bicyclic) bond motifs is 1. The van der Waals surface area contributed by atoms with Crippen LogP contribution in [-0.4, -0.2) is 21.2 Å². The summed E-state index contributed by atoms with van der Waals surface area (Å²) in [5.41, 5.74) is 1.86. The molecule has 116 valence electrons. The lowest BCUT2D eigenvalue weighted by Crippen LogP contribution is -2.22. The number of carbonyl (C=O) groups excluding carboxylic acids is 2. The standard InChI is InChI=1S/C18H17N3O2/c1-12(2)21-11-15(14-7-3-4-8-16(14)21)17(22)18(23)20-13-6-5-9-19-10-13/h3-12H,1-2H3,(H,20,23). The lowest BCUT2D eigenvalue weighted by Gasteiger charge is -2.08. The molecule has 1 aromatic carbocycles. The molecule has 3 rings (SSSR count). The monoisotopic (exact) mass is 307 g/mol. The molecule has 2 aromatic heterocycles. The second-order valence-corrected chi connectivity index (χ2v) is 5.59. The molecule has 0 aliphatic carbocycles. The molecule has 0 aliphatic rings. The molecular formula is C18H17N3O2. The Bertz CT molecular complexity index is 866. The fourth-order valence-corrected chi connectivity index (χ4v) is 2.56. The van der Waals surface area contributed by atoms with E-state index in [2.05, 4.69) is 10.3 Å². The molecule has 0 radical (unpaired) electrons. The van der Waals surface area contributed by atoms with Crippen LogP contribution in [0, 0.1) is 0 Å². The van der Waals surface area contributed by atoms with Crippen molar-refractivity contribution in [3.8, 4) is 0 Å². The predicted octanol–water partition coefficient (Wildman–Crippen LogP) is 3.44. The van der Waals surface area contributed by atoms with Crippen molar-refractivity contribution >= 4 is 28.3 Å². The number of carbonyl (C=O) groups is 2. The van der Waals surface area contributed by atoms with Crippen molar-refractivity contribution in [2.45, 2.75) is 19.9 Å². The number of para-hydroxylation sites is 1. The summed E-state index contributed by atoms with van der Waals surface area (Å²) in [6.07, 6.45) is 4.86. The Kier molecular flexibility index (Phi) is 3.93. The molecule has 5 nitrogen and oxygen atoms in total. The fourth-order valence-electron chi connectivity index (χ4n) is 2.56. The highest BCUT2D eigenvalue weighted by Gasteiger charge is 2.22. The maximum Gasteiger partial charge on any atom is 0.296 e. The van der Waals surface area contributed by atoms with Gasteiger partial charge in [-0.1, -0.05) is 18.2 Å². The zero-order valence-electron chi connectivity index (χ0n) is 13.0. The van der Waals surface area contributed by atoms with Crippen LogP contribution < -0.4 is 5.32 Å². The van der Waals surface area contributed by atoms with Gasteiger partial charge in [0.05, 0.1) is 17.4 Å². The first-order chi connectivity index (χ1) is 11.1. The van der Waals surface area contributed by atoms with Crippen molar-refractivity contribution in [1.82, 2.24) is 9.55 Å². The van der Waals surface area contributed by atoms with Crippen LogP contribution >= 0.6 is 0 Å². The third-order valence-corrected chi connectivity index (χ3v) is 3.67. The van der Waals surface area contributed by atoms with Gasteiger partial charge in [0.25, 0.3) is 11.7 Å². The van der Waals surface area contributed by atoms with Gasteiger partial charge in [-0.2, -0.15) is 0 Å². The van der Waals surface area contributed by atoms with Crippen molar-refractivity contribution in [1.29, 1.82) is 0 Å². The predicted molar refractivity (Wildman–Crippen MR) is 89.5 cm³/mol. The number of rotatable bonds is 4. The Morgan fingerprint density at radius 1 is 1.13 bits per heavy atom. The van der Waals surface area contributed by atoms with Crippen LogP contribution in [0.4, 0.5) is 5.69 Å². The van der Waals surface area contributed by atoms with Crippen LogP contribution in [0.2, 0.25) is 0 Å². The van der Waals surface area contributed by atoms with Gasteiger partial charge in [-0.25, -0.2) is 0 Å².